The SMILES string of the molecule is ClCc1coc(N2CCN(Cc3ccccc3)CC2)n1. The van der Waals surface area contributed by atoms with E-state index in [0.717, 1.165) is 38.4 Å². The third-order valence-corrected chi connectivity index (χ3v) is 3.84. The fourth-order valence-electron chi connectivity index (χ4n) is 2.44. The number of piperazine rings is 1. The average Bonchev–Trinajstić information content (AvgIpc) is 2.98. The largest absolute Gasteiger partial charge is 0.432 e. The van der Waals surface area contributed by atoms with Crippen LogP contribution in [0.2, 0.25) is 0 Å². The maximum absolute atomic E-state index is 5.74. The molecule has 0 amide bonds. The second-order valence-corrected chi connectivity index (χ2v) is 5.27. The number of aromatic nitrogens is 1. The minimum absolute atomic E-state index is 0.400. The van der Waals surface area contributed by atoms with Crippen LogP contribution in [0, 0.1) is 0 Å². The molecule has 1 saturated heterocycles. The number of alkyl halides is 1. The topological polar surface area (TPSA) is 32.5 Å². The molecule has 106 valence electrons. The fraction of sp³-hybridized carbons (Fsp3) is 0.400. The highest BCUT2D eigenvalue weighted by Gasteiger charge is 2.20. The highest BCUT2D eigenvalue weighted by atomic mass is 35.5. The average molecular weight is 292 g/mol. The first kappa shape index (κ1) is 13.5. The van der Waals surface area contributed by atoms with E-state index in [-0.39, 0.29) is 0 Å². The Morgan fingerprint density at radius 3 is 2.50 bits per heavy atom. The summed E-state index contributed by atoms with van der Waals surface area (Å²) in [5.41, 5.74) is 2.16. The van der Waals surface area contributed by atoms with Crippen LogP contribution >= 0.6 is 11.6 Å². The van der Waals surface area contributed by atoms with Crippen LogP contribution < -0.4 is 4.90 Å². The van der Waals surface area contributed by atoms with Gasteiger partial charge in [-0.1, -0.05) is 30.3 Å². The van der Waals surface area contributed by atoms with Gasteiger partial charge in [0.05, 0.1) is 11.6 Å². The number of oxazole rings is 1. The molecule has 1 aromatic carbocycles. The van der Waals surface area contributed by atoms with E-state index < -0.39 is 0 Å². The van der Waals surface area contributed by atoms with Gasteiger partial charge in [-0.3, -0.25) is 4.90 Å². The zero-order valence-electron chi connectivity index (χ0n) is 11.3. The summed E-state index contributed by atoms with van der Waals surface area (Å²) in [7, 11) is 0. The lowest BCUT2D eigenvalue weighted by molar-refractivity contribution is 0.245. The van der Waals surface area contributed by atoms with Gasteiger partial charge in [-0.25, -0.2) is 0 Å². The molecule has 4 nitrogen and oxygen atoms in total. The molecule has 1 fully saturated rings. The van der Waals surface area contributed by atoms with Gasteiger partial charge in [-0.2, -0.15) is 4.98 Å². The Labute approximate surface area is 124 Å². The summed E-state index contributed by atoms with van der Waals surface area (Å²) in [5.74, 6) is 0.400. The predicted octanol–water partition coefficient (Wildman–Crippen LogP) is 2.74. The van der Waals surface area contributed by atoms with E-state index in [0.29, 0.717) is 11.9 Å². The van der Waals surface area contributed by atoms with Crippen molar-refractivity contribution in [3.05, 3.63) is 47.9 Å². The van der Waals surface area contributed by atoms with Gasteiger partial charge in [0.15, 0.2) is 0 Å². The van der Waals surface area contributed by atoms with Crippen molar-refractivity contribution in [2.24, 2.45) is 0 Å². The van der Waals surface area contributed by atoms with E-state index in [1.165, 1.54) is 5.56 Å². The first-order valence-electron chi connectivity index (χ1n) is 6.87. The highest BCUT2D eigenvalue weighted by Crippen LogP contribution is 2.17. The molecule has 1 aromatic heterocycles. The third kappa shape index (κ3) is 3.14. The van der Waals surface area contributed by atoms with Crippen LogP contribution in [0.4, 0.5) is 6.01 Å². The number of hydrogen-bond donors (Lipinski definition) is 0. The van der Waals surface area contributed by atoms with Crippen LogP contribution in [0.3, 0.4) is 0 Å². The van der Waals surface area contributed by atoms with Gasteiger partial charge in [0.1, 0.15) is 6.26 Å². The van der Waals surface area contributed by atoms with E-state index in [9.17, 15) is 0 Å². The number of hydrogen-bond acceptors (Lipinski definition) is 4. The first-order chi connectivity index (χ1) is 9.85. The van der Waals surface area contributed by atoms with Gasteiger partial charge in [0.25, 0.3) is 6.01 Å². The van der Waals surface area contributed by atoms with Gasteiger partial charge < -0.3 is 9.32 Å². The summed E-state index contributed by atoms with van der Waals surface area (Å²) in [6.45, 7) is 4.93. The van der Waals surface area contributed by atoms with Crippen molar-refractivity contribution in [1.82, 2.24) is 9.88 Å². The Bertz CT molecular complexity index is 535. The number of rotatable bonds is 4. The lowest BCUT2D eigenvalue weighted by atomic mass is 10.2. The molecule has 0 bridgehead atoms. The molecule has 0 unspecified atom stereocenters. The third-order valence-electron chi connectivity index (χ3n) is 3.57. The van der Waals surface area contributed by atoms with Crippen LogP contribution in [0.1, 0.15) is 11.3 Å². The number of nitrogens with zero attached hydrogens (tertiary/aromatic N) is 3. The van der Waals surface area contributed by atoms with Gasteiger partial charge in [0.2, 0.25) is 0 Å². The van der Waals surface area contributed by atoms with Gasteiger partial charge in [0, 0.05) is 32.7 Å². The Balaban J connectivity index is 1.54. The lowest BCUT2D eigenvalue weighted by Gasteiger charge is -2.33. The quantitative estimate of drug-likeness (QED) is 0.811. The smallest absolute Gasteiger partial charge is 0.297 e. The molecule has 0 N–H and O–H groups in total. The molecule has 2 aromatic rings. The Kier molecular flexibility index (Phi) is 4.23. The van der Waals surface area contributed by atoms with E-state index >= 15 is 0 Å². The molecule has 20 heavy (non-hydrogen) atoms. The molecule has 0 spiro atoms. The van der Waals surface area contributed by atoms with Gasteiger partial charge in [-0.15, -0.1) is 11.6 Å². The molecular weight excluding hydrogens is 274 g/mol. The molecule has 0 radical (unpaired) electrons. The summed E-state index contributed by atoms with van der Waals surface area (Å²) in [6.07, 6.45) is 1.64. The minimum atomic E-state index is 0.400. The Morgan fingerprint density at radius 1 is 1.10 bits per heavy atom. The van der Waals surface area contributed by atoms with Crippen molar-refractivity contribution < 1.29 is 4.42 Å². The van der Waals surface area contributed by atoms with Crippen LogP contribution in [0.5, 0.6) is 0 Å². The van der Waals surface area contributed by atoms with E-state index in [1.807, 2.05) is 0 Å². The standard InChI is InChI=1S/C15H18ClN3O/c16-10-14-12-20-15(17-14)19-8-6-18(7-9-19)11-13-4-2-1-3-5-13/h1-5,12H,6-11H2. The molecule has 0 atom stereocenters. The Hall–Kier alpha value is -1.52. The summed E-state index contributed by atoms with van der Waals surface area (Å²) in [5, 5.41) is 0. The monoisotopic (exact) mass is 291 g/mol. The predicted molar refractivity (Wildman–Crippen MR) is 80.0 cm³/mol. The molecule has 3 rings (SSSR count). The molecule has 0 aliphatic carbocycles. The summed E-state index contributed by atoms with van der Waals surface area (Å²) < 4.78 is 5.46. The van der Waals surface area contributed by atoms with Crippen molar-refractivity contribution >= 4 is 17.6 Å². The molecule has 1 aliphatic rings. The van der Waals surface area contributed by atoms with E-state index in [4.69, 9.17) is 16.0 Å². The molecule has 5 heteroatoms. The fourth-order valence-corrected chi connectivity index (χ4v) is 2.56. The van der Waals surface area contributed by atoms with Crippen LogP contribution in [-0.2, 0) is 12.4 Å². The van der Waals surface area contributed by atoms with Crippen molar-refractivity contribution in [2.45, 2.75) is 12.4 Å². The zero-order chi connectivity index (χ0) is 13.8. The zero-order valence-corrected chi connectivity index (χ0v) is 12.1. The van der Waals surface area contributed by atoms with Crippen LogP contribution in [-0.4, -0.2) is 36.1 Å². The maximum Gasteiger partial charge on any atom is 0.297 e. The van der Waals surface area contributed by atoms with Gasteiger partial charge >= 0.3 is 0 Å². The summed E-state index contributed by atoms with van der Waals surface area (Å²) in [6, 6.07) is 11.3. The summed E-state index contributed by atoms with van der Waals surface area (Å²) >= 11 is 5.74. The van der Waals surface area contributed by atoms with Crippen molar-refractivity contribution in [2.75, 3.05) is 31.1 Å². The van der Waals surface area contributed by atoms with Gasteiger partial charge in [-0.05, 0) is 5.56 Å². The second kappa shape index (κ2) is 6.29. The molecule has 0 saturated carbocycles. The van der Waals surface area contributed by atoms with Crippen molar-refractivity contribution in [1.29, 1.82) is 0 Å². The number of anilines is 1. The number of halogens is 1. The normalized spacial score (nSPS) is 16.6. The van der Waals surface area contributed by atoms with Crippen LogP contribution in [0.15, 0.2) is 41.0 Å². The number of benzene rings is 1. The molecule has 2 heterocycles. The molecular formula is C15H18ClN3O. The summed E-state index contributed by atoms with van der Waals surface area (Å²) in [4.78, 5) is 9.00. The second-order valence-electron chi connectivity index (χ2n) is 5.00. The minimum Gasteiger partial charge on any atom is -0.432 e. The Morgan fingerprint density at radius 2 is 1.85 bits per heavy atom. The van der Waals surface area contributed by atoms with E-state index in [1.54, 1.807) is 6.26 Å². The molecule has 1 aliphatic heterocycles. The maximum atomic E-state index is 5.74. The van der Waals surface area contributed by atoms with Crippen molar-refractivity contribution in [3.63, 3.8) is 0 Å². The highest BCUT2D eigenvalue weighted by molar-refractivity contribution is 6.16. The van der Waals surface area contributed by atoms with Crippen molar-refractivity contribution in [3.8, 4) is 0 Å². The van der Waals surface area contributed by atoms with E-state index in [2.05, 4.69) is 45.1 Å². The van der Waals surface area contributed by atoms with Crippen LogP contribution in [0.25, 0.3) is 0 Å². The first-order valence-corrected chi connectivity index (χ1v) is 7.40. The lowest BCUT2D eigenvalue weighted by Crippen LogP contribution is -2.46.